The molecular formula is C18H13N5O3S2. The van der Waals surface area contributed by atoms with Gasteiger partial charge in [0, 0.05) is 28.1 Å². The number of non-ortho nitro benzene ring substituents is 1. The Hall–Kier alpha value is -3.24. The number of rotatable bonds is 5. The van der Waals surface area contributed by atoms with Gasteiger partial charge in [-0.1, -0.05) is 23.9 Å². The lowest BCUT2D eigenvalue weighted by Crippen LogP contribution is -2.14. The van der Waals surface area contributed by atoms with Gasteiger partial charge in [-0.2, -0.15) is 0 Å². The van der Waals surface area contributed by atoms with Crippen LogP contribution in [0, 0.1) is 17.0 Å². The van der Waals surface area contributed by atoms with E-state index in [4.69, 9.17) is 0 Å². The van der Waals surface area contributed by atoms with E-state index in [0.29, 0.717) is 10.4 Å². The number of anilines is 1. The predicted octanol–water partition coefficient (Wildman–Crippen LogP) is 4.64. The summed E-state index contributed by atoms with van der Waals surface area (Å²) in [5.74, 6) is -0.211. The third-order valence-corrected chi connectivity index (χ3v) is 5.97. The Kier molecular flexibility index (Phi) is 4.80. The van der Waals surface area contributed by atoms with Gasteiger partial charge in [0.15, 0.2) is 4.34 Å². The number of nitro groups is 1. The number of aryl methyl sites for hydroxylation is 1. The molecule has 8 nitrogen and oxygen atoms in total. The van der Waals surface area contributed by atoms with E-state index in [2.05, 4.69) is 20.3 Å². The second-order valence-corrected chi connectivity index (χ2v) is 8.00. The van der Waals surface area contributed by atoms with Crippen LogP contribution in [0.5, 0.6) is 0 Å². The molecule has 2 heterocycles. The lowest BCUT2D eigenvalue weighted by molar-refractivity contribution is -0.384. The van der Waals surface area contributed by atoms with E-state index in [1.165, 1.54) is 35.2 Å². The first-order valence-electron chi connectivity index (χ1n) is 8.14. The number of aromatic amines is 1. The van der Waals surface area contributed by atoms with Gasteiger partial charge in [0.1, 0.15) is 0 Å². The standard InChI is InChI=1S/C18H13N5O3S2/c1-10-9-27-18(19-10)28-15-7-6-11(23(25)26)8-12(15)16(24)22-17-20-13-4-2-3-5-14(13)21-17/h2-9H,1H3,(H2,20,21,22,24). The number of benzene rings is 2. The van der Waals surface area contributed by atoms with Crippen LogP contribution in [0.4, 0.5) is 11.6 Å². The summed E-state index contributed by atoms with van der Waals surface area (Å²) >= 11 is 2.74. The highest BCUT2D eigenvalue weighted by molar-refractivity contribution is 8.01. The third kappa shape index (κ3) is 3.73. The van der Waals surface area contributed by atoms with Crippen molar-refractivity contribution >= 4 is 51.7 Å². The molecule has 0 spiro atoms. The number of carbonyl (C=O) groups is 1. The Morgan fingerprint density at radius 3 is 2.79 bits per heavy atom. The zero-order chi connectivity index (χ0) is 19.7. The lowest BCUT2D eigenvalue weighted by Gasteiger charge is -2.07. The van der Waals surface area contributed by atoms with Gasteiger partial charge >= 0.3 is 0 Å². The highest BCUT2D eigenvalue weighted by Gasteiger charge is 2.19. The van der Waals surface area contributed by atoms with Crippen molar-refractivity contribution < 1.29 is 9.72 Å². The molecule has 4 rings (SSSR count). The molecule has 0 fully saturated rings. The Balaban J connectivity index is 1.67. The van der Waals surface area contributed by atoms with Gasteiger partial charge in [-0.15, -0.1) is 11.3 Å². The minimum Gasteiger partial charge on any atom is -0.324 e. The number of hydrogen-bond acceptors (Lipinski definition) is 7. The normalized spacial score (nSPS) is 10.9. The van der Waals surface area contributed by atoms with E-state index >= 15 is 0 Å². The van der Waals surface area contributed by atoms with E-state index in [-0.39, 0.29) is 17.2 Å². The predicted molar refractivity (Wildman–Crippen MR) is 108 cm³/mol. The molecule has 1 amide bonds. The molecule has 4 aromatic rings. The Morgan fingerprint density at radius 1 is 1.25 bits per heavy atom. The molecule has 0 atom stereocenters. The van der Waals surface area contributed by atoms with Crippen molar-refractivity contribution in [1.82, 2.24) is 15.0 Å². The fraction of sp³-hybridized carbons (Fsp3) is 0.0556. The molecule has 28 heavy (non-hydrogen) atoms. The number of thiazole rings is 1. The van der Waals surface area contributed by atoms with Gasteiger partial charge in [-0.3, -0.25) is 20.2 Å². The van der Waals surface area contributed by atoms with Crippen molar-refractivity contribution in [3.05, 3.63) is 69.2 Å². The topological polar surface area (TPSA) is 114 Å². The maximum absolute atomic E-state index is 12.9. The molecule has 0 unspecified atom stereocenters. The molecule has 140 valence electrons. The Bertz CT molecular complexity index is 1170. The number of carbonyl (C=O) groups excluding carboxylic acids is 1. The van der Waals surface area contributed by atoms with E-state index in [0.717, 1.165) is 15.6 Å². The molecule has 0 aliphatic rings. The minimum absolute atomic E-state index is 0.158. The van der Waals surface area contributed by atoms with Crippen LogP contribution in [0.3, 0.4) is 0 Å². The lowest BCUT2D eigenvalue weighted by atomic mass is 10.2. The fourth-order valence-corrected chi connectivity index (χ4v) is 4.46. The van der Waals surface area contributed by atoms with Crippen molar-refractivity contribution in [2.45, 2.75) is 16.2 Å². The second-order valence-electron chi connectivity index (χ2n) is 5.85. The molecule has 0 aliphatic carbocycles. The van der Waals surface area contributed by atoms with Crippen LogP contribution >= 0.6 is 23.1 Å². The number of nitrogens with one attached hydrogen (secondary N) is 2. The minimum atomic E-state index is -0.528. The van der Waals surface area contributed by atoms with Gasteiger partial charge in [-0.25, -0.2) is 9.97 Å². The summed E-state index contributed by atoms with van der Waals surface area (Å²) in [7, 11) is 0. The monoisotopic (exact) mass is 411 g/mol. The number of nitro benzene ring substituents is 1. The summed E-state index contributed by atoms with van der Waals surface area (Å²) in [6, 6.07) is 11.6. The van der Waals surface area contributed by atoms with Crippen molar-refractivity contribution in [1.29, 1.82) is 0 Å². The Labute approximate surface area is 167 Å². The molecule has 0 saturated heterocycles. The van der Waals surface area contributed by atoms with Crippen LogP contribution in [0.1, 0.15) is 16.1 Å². The summed E-state index contributed by atoms with van der Waals surface area (Å²) in [6.45, 7) is 1.88. The zero-order valence-corrected chi connectivity index (χ0v) is 16.1. The van der Waals surface area contributed by atoms with Crippen molar-refractivity contribution in [2.75, 3.05) is 5.32 Å². The van der Waals surface area contributed by atoms with Crippen LogP contribution in [-0.4, -0.2) is 25.8 Å². The number of fused-ring (bicyclic) bond motifs is 1. The average Bonchev–Trinajstić information content (AvgIpc) is 3.26. The first kappa shape index (κ1) is 18.1. The smallest absolute Gasteiger partial charge is 0.270 e. The molecule has 2 N–H and O–H groups in total. The second kappa shape index (κ2) is 7.41. The van der Waals surface area contributed by atoms with Crippen LogP contribution in [0.25, 0.3) is 11.0 Å². The SMILES string of the molecule is Cc1csc(Sc2ccc([N+](=O)[O-])cc2C(=O)Nc2nc3ccccc3[nH]2)n1. The Morgan fingerprint density at radius 2 is 2.07 bits per heavy atom. The fourth-order valence-electron chi connectivity index (χ4n) is 2.56. The van der Waals surface area contributed by atoms with Gasteiger partial charge in [0.2, 0.25) is 5.95 Å². The van der Waals surface area contributed by atoms with E-state index in [9.17, 15) is 14.9 Å². The summed E-state index contributed by atoms with van der Waals surface area (Å²) in [6.07, 6.45) is 0. The van der Waals surface area contributed by atoms with Crippen molar-refractivity contribution in [3.8, 4) is 0 Å². The molecule has 0 aliphatic heterocycles. The maximum atomic E-state index is 12.9. The van der Waals surface area contributed by atoms with Crippen LogP contribution in [0.15, 0.2) is 57.1 Å². The molecule has 2 aromatic heterocycles. The summed E-state index contributed by atoms with van der Waals surface area (Å²) < 4.78 is 0.754. The zero-order valence-electron chi connectivity index (χ0n) is 14.5. The summed E-state index contributed by atoms with van der Waals surface area (Å²) in [5, 5.41) is 15.8. The van der Waals surface area contributed by atoms with Crippen molar-refractivity contribution in [3.63, 3.8) is 0 Å². The number of H-pyrrole nitrogens is 1. The number of hydrogen-bond donors (Lipinski definition) is 2. The first-order valence-corrected chi connectivity index (χ1v) is 9.84. The van der Waals surface area contributed by atoms with Gasteiger partial charge in [0.05, 0.1) is 21.5 Å². The molecule has 2 aromatic carbocycles. The van der Waals surface area contributed by atoms with E-state index in [1.54, 1.807) is 6.07 Å². The molecule has 0 saturated carbocycles. The van der Waals surface area contributed by atoms with Gasteiger partial charge in [-0.05, 0) is 25.1 Å². The van der Waals surface area contributed by atoms with E-state index in [1.807, 2.05) is 36.6 Å². The molecular weight excluding hydrogens is 398 g/mol. The first-order chi connectivity index (χ1) is 13.5. The molecule has 10 heteroatoms. The third-order valence-electron chi connectivity index (χ3n) is 3.84. The highest BCUT2D eigenvalue weighted by Crippen LogP contribution is 2.34. The van der Waals surface area contributed by atoms with Gasteiger partial charge in [0.25, 0.3) is 11.6 Å². The average molecular weight is 411 g/mol. The van der Waals surface area contributed by atoms with E-state index < -0.39 is 10.8 Å². The number of nitrogens with zero attached hydrogens (tertiary/aromatic N) is 3. The number of amides is 1. The summed E-state index contributed by atoms with van der Waals surface area (Å²) in [5.41, 5.74) is 2.40. The quantitative estimate of drug-likeness (QED) is 0.365. The van der Waals surface area contributed by atoms with Crippen LogP contribution < -0.4 is 5.32 Å². The number of para-hydroxylation sites is 2. The molecule has 0 radical (unpaired) electrons. The number of aromatic nitrogens is 3. The van der Waals surface area contributed by atoms with Crippen LogP contribution in [-0.2, 0) is 0 Å². The highest BCUT2D eigenvalue weighted by atomic mass is 32.2. The largest absolute Gasteiger partial charge is 0.324 e. The summed E-state index contributed by atoms with van der Waals surface area (Å²) in [4.78, 5) is 35.8. The van der Waals surface area contributed by atoms with Crippen molar-refractivity contribution in [2.24, 2.45) is 0 Å². The van der Waals surface area contributed by atoms with Gasteiger partial charge < -0.3 is 4.98 Å². The maximum Gasteiger partial charge on any atom is 0.270 e. The molecule has 0 bridgehead atoms. The number of imidazole rings is 1. The van der Waals surface area contributed by atoms with Crippen LogP contribution in [0.2, 0.25) is 0 Å².